The van der Waals surface area contributed by atoms with Crippen molar-refractivity contribution in [2.24, 2.45) is 17.6 Å². The van der Waals surface area contributed by atoms with Gasteiger partial charge in [-0.25, -0.2) is 4.39 Å². The Balaban J connectivity index is 1.23. The van der Waals surface area contributed by atoms with Crippen LogP contribution >= 0.6 is 11.6 Å². The number of fused-ring (bicyclic) bond motifs is 1. The number of hydrogen-bond donors (Lipinski definition) is 4. The molecule has 4 fully saturated rings. The third kappa shape index (κ3) is 4.55. The minimum absolute atomic E-state index is 0.00634. The van der Waals surface area contributed by atoms with Crippen LogP contribution in [0.15, 0.2) is 18.2 Å². The molecule has 0 radical (unpaired) electrons. The number of rotatable bonds is 7. The Bertz CT molecular complexity index is 817. The Morgan fingerprint density at radius 1 is 1.33 bits per heavy atom. The second-order valence-electron chi connectivity index (χ2n) is 8.81. The molecule has 3 saturated carbocycles. The number of carbonyl (C=O) groups is 2. The smallest absolute Gasteiger partial charge is 0.258 e. The van der Waals surface area contributed by atoms with E-state index in [-0.39, 0.29) is 46.8 Å². The number of nitrogens with two attached hydrogens (primary N) is 1. The van der Waals surface area contributed by atoms with Gasteiger partial charge >= 0.3 is 0 Å². The lowest BCUT2D eigenvalue weighted by Gasteiger charge is -2.41. The van der Waals surface area contributed by atoms with Gasteiger partial charge < -0.3 is 26.4 Å². The number of ether oxygens (including phenoxy) is 1. The van der Waals surface area contributed by atoms with Crippen LogP contribution < -0.4 is 26.4 Å². The first-order valence-electron chi connectivity index (χ1n) is 10.5. The molecule has 2 bridgehead atoms. The molecule has 1 aromatic carbocycles. The lowest BCUT2D eigenvalue weighted by Crippen LogP contribution is -2.58. The van der Waals surface area contributed by atoms with E-state index in [4.69, 9.17) is 22.1 Å². The van der Waals surface area contributed by atoms with Crippen molar-refractivity contribution in [1.29, 1.82) is 0 Å². The lowest BCUT2D eigenvalue weighted by molar-refractivity contribution is -0.127. The molecule has 1 saturated heterocycles. The summed E-state index contributed by atoms with van der Waals surface area (Å²) in [5, 5.41) is 9.51. The van der Waals surface area contributed by atoms with Crippen LogP contribution in [0.25, 0.3) is 0 Å². The molecule has 1 aromatic rings. The highest BCUT2D eigenvalue weighted by atomic mass is 35.5. The quantitative estimate of drug-likeness (QED) is 0.514. The minimum atomic E-state index is -0.589. The minimum Gasteiger partial charge on any atom is -0.484 e. The summed E-state index contributed by atoms with van der Waals surface area (Å²) in [5.74, 6) is 0.184. The lowest BCUT2D eigenvalue weighted by atomic mass is 9.76. The predicted molar refractivity (Wildman–Crippen MR) is 111 cm³/mol. The van der Waals surface area contributed by atoms with E-state index in [0.717, 1.165) is 44.7 Å². The van der Waals surface area contributed by atoms with E-state index in [2.05, 4.69) is 16.0 Å². The Hall–Kier alpha value is -1.90. The first-order chi connectivity index (χ1) is 14.4. The van der Waals surface area contributed by atoms with E-state index in [1.807, 2.05) is 0 Å². The van der Waals surface area contributed by atoms with Crippen molar-refractivity contribution in [2.75, 3.05) is 19.7 Å². The highest BCUT2D eigenvalue weighted by Gasteiger charge is 2.57. The van der Waals surface area contributed by atoms with Crippen molar-refractivity contribution in [1.82, 2.24) is 16.0 Å². The fourth-order valence-corrected chi connectivity index (χ4v) is 5.14. The van der Waals surface area contributed by atoms with Crippen molar-refractivity contribution in [3.63, 3.8) is 0 Å². The maximum Gasteiger partial charge on any atom is 0.258 e. The van der Waals surface area contributed by atoms with Gasteiger partial charge in [0.1, 0.15) is 11.6 Å². The van der Waals surface area contributed by atoms with Gasteiger partial charge in [-0.15, -0.1) is 0 Å². The number of halogens is 2. The zero-order valence-corrected chi connectivity index (χ0v) is 17.5. The summed E-state index contributed by atoms with van der Waals surface area (Å²) in [5.41, 5.74) is 5.54. The second-order valence-corrected chi connectivity index (χ2v) is 9.22. The van der Waals surface area contributed by atoms with Gasteiger partial charge in [0, 0.05) is 17.6 Å². The van der Waals surface area contributed by atoms with Gasteiger partial charge in [0.25, 0.3) is 5.91 Å². The van der Waals surface area contributed by atoms with Crippen LogP contribution in [0.3, 0.4) is 0 Å². The monoisotopic (exact) mass is 438 g/mol. The van der Waals surface area contributed by atoms with Crippen LogP contribution in [0.1, 0.15) is 32.1 Å². The SMILES string of the molecule is NCC1CCNC(C(=O)NC23CC(C2)C(NC(=O)COc2ccc(Cl)c(F)c2)C3)C1. The van der Waals surface area contributed by atoms with Gasteiger partial charge in [0.15, 0.2) is 6.61 Å². The van der Waals surface area contributed by atoms with Crippen molar-refractivity contribution in [3.8, 4) is 5.75 Å². The number of piperidine rings is 1. The molecule has 5 rings (SSSR count). The molecule has 4 aliphatic rings. The third-order valence-electron chi connectivity index (χ3n) is 6.64. The van der Waals surface area contributed by atoms with Crippen molar-refractivity contribution < 1.29 is 18.7 Å². The van der Waals surface area contributed by atoms with Crippen LogP contribution in [0.2, 0.25) is 5.02 Å². The van der Waals surface area contributed by atoms with Crippen LogP contribution in [-0.4, -0.2) is 49.1 Å². The van der Waals surface area contributed by atoms with E-state index in [1.165, 1.54) is 12.1 Å². The van der Waals surface area contributed by atoms with Crippen LogP contribution in [0.5, 0.6) is 5.75 Å². The summed E-state index contributed by atoms with van der Waals surface area (Å²) >= 11 is 5.64. The van der Waals surface area contributed by atoms with Gasteiger partial charge in [-0.05, 0) is 69.2 Å². The average molecular weight is 439 g/mol. The highest BCUT2D eigenvalue weighted by Crippen LogP contribution is 2.52. The van der Waals surface area contributed by atoms with Crippen LogP contribution in [0, 0.1) is 17.7 Å². The Morgan fingerprint density at radius 2 is 2.13 bits per heavy atom. The molecule has 7 nitrogen and oxygen atoms in total. The van der Waals surface area contributed by atoms with Gasteiger partial charge in [-0.1, -0.05) is 11.6 Å². The van der Waals surface area contributed by atoms with Crippen LogP contribution in [0.4, 0.5) is 4.39 Å². The number of benzene rings is 1. The van der Waals surface area contributed by atoms with Crippen molar-refractivity contribution in [2.45, 2.75) is 49.7 Å². The molecular weight excluding hydrogens is 411 g/mol. The van der Waals surface area contributed by atoms with E-state index >= 15 is 0 Å². The number of hydrogen-bond acceptors (Lipinski definition) is 5. The molecule has 3 unspecified atom stereocenters. The average Bonchev–Trinajstić information content (AvgIpc) is 3.22. The Morgan fingerprint density at radius 3 is 2.87 bits per heavy atom. The number of amides is 2. The maximum absolute atomic E-state index is 13.5. The summed E-state index contributed by atoms with van der Waals surface area (Å²) in [7, 11) is 0. The molecule has 5 N–H and O–H groups in total. The highest BCUT2D eigenvalue weighted by molar-refractivity contribution is 6.30. The summed E-state index contributed by atoms with van der Waals surface area (Å²) in [6.07, 6.45) is 4.24. The van der Waals surface area contributed by atoms with Gasteiger partial charge in [-0.3, -0.25) is 9.59 Å². The van der Waals surface area contributed by atoms with E-state index in [9.17, 15) is 14.0 Å². The Kier molecular flexibility index (Phi) is 6.18. The molecule has 3 atom stereocenters. The fraction of sp³-hybridized carbons (Fsp3) is 0.619. The molecule has 0 aromatic heterocycles. The fourth-order valence-electron chi connectivity index (χ4n) is 5.03. The molecule has 30 heavy (non-hydrogen) atoms. The molecule has 164 valence electrons. The van der Waals surface area contributed by atoms with Gasteiger partial charge in [-0.2, -0.15) is 0 Å². The third-order valence-corrected chi connectivity index (χ3v) is 6.95. The molecule has 0 spiro atoms. The van der Waals surface area contributed by atoms with Crippen molar-refractivity contribution >= 4 is 23.4 Å². The van der Waals surface area contributed by atoms with E-state index < -0.39 is 5.82 Å². The predicted octanol–water partition coefficient (Wildman–Crippen LogP) is 1.34. The zero-order valence-electron chi connectivity index (χ0n) is 16.8. The van der Waals surface area contributed by atoms with Gasteiger partial charge in [0.05, 0.1) is 11.1 Å². The zero-order chi connectivity index (χ0) is 21.3. The second kappa shape index (κ2) is 8.69. The van der Waals surface area contributed by atoms with E-state index in [0.29, 0.717) is 18.4 Å². The Labute approximate surface area is 180 Å². The van der Waals surface area contributed by atoms with Crippen LogP contribution in [-0.2, 0) is 9.59 Å². The number of nitrogens with one attached hydrogen (secondary N) is 3. The summed E-state index contributed by atoms with van der Waals surface area (Å²) in [6, 6.07) is 3.88. The topological polar surface area (TPSA) is 105 Å². The first kappa shape index (κ1) is 21.3. The van der Waals surface area contributed by atoms with Gasteiger partial charge in [0.2, 0.25) is 5.91 Å². The first-order valence-corrected chi connectivity index (χ1v) is 10.9. The molecule has 1 heterocycles. The molecule has 9 heteroatoms. The summed E-state index contributed by atoms with van der Waals surface area (Å²) < 4.78 is 18.8. The largest absolute Gasteiger partial charge is 0.484 e. The molecule has 1 aliphatic heterocycles. The normalized spacial score (nSPS) is 32.2. The molecule has 2 amide bonds. The standard InChI is InChI=1S/C21H28ClFN4O3/c22-15-2-1-14(6-16(15)23)30-11-19(28)26-18-9-21(7-13(18)8-21)27-20(29)17-5-12(10-24)3-4-25-17/h1-2,6,12-13,17-18,25H,3-5,7-11,24H2,(H,26,28)(H,27,29). The summed E-state index contributed by atoms with van der Waals surface area (Å²) in [6.45, 7) is 1.22. The number of carbonyl (C=O) groups excluding carboxylic acids is 2. The molecule has 3 aliphatic carbocycles. The van der Waals surface area contributed by atoms with Crippen molar-refractivity contribution in [3.05, 3.63) is 29.0 Å². The maximum atomic E-state index is 13.5. The van der Waals surface area contributed by atoms with E-state index in [1.54, 1.807) is 0 Å². The summed E-state index contributed by atoms with van der Waals surface area (Å²) in [4.78, 5) is 25.0. The molecular formula is C21H28ClFN4O3.